The number of hydrogen-bond acceptors (Lipinski definition) is 6. The van der Waals surface area contributed by atoms with E-state index in [2.05, 4.69) is 15.6 Å². The Labute approximate surface area is 182 Å². The van der Waals surface area contributed by atoms with Crippen LogP contribution in [0.1, 0.15) is 58.3 Å². The number of rotatable bonds is 6. The summed E-state index contributed by atoms with van der Waals surface area (Å²) in [7, 11) is -3.55. The van der Waals surface area contributed by atoms with Gasteiger partial charge in [0.25, 0.3) is 0 Å². The topological polar surface area (TPSA) is 108 Å². The zero-order valence-corrected chi connectivity index (χ0v) is 18.9. The van der Waals surface area contributed by atoms with Crippen molar-refractivity contribution in [2.24, 2.45) is 0 Å². The maximum absolute atomic E-state index is 12.8. The molecule has 1 saturated carbocycles. The highest BCUT2D eigenvalue weighted by molar-refractivity contribution is 8.00. The van der Waals surface area contributed by atoms with Crippen LogP contribution in [0.4, 0.5) is 4.79 Å². The summed E-state index contributed by atoms with van der Waals surface area (Å²) in [6.07, 6.45) is 9.30. The molecule has 1 unspecified atom stereocenters. The molecule has 2 aliphatic rings. The van der Waals surface area contributed by atoms with Crippen LogP contribution in [0.15, 0.2) is 28.3 Å². The van der Waals surface area contributed by atoms with Crippen molar-refractivity contribution in [1.29, 1.82) is 0 Å². The van der Waals surface area contributed by atoms with E-state index in [1.54, 1.807) is 13.0 Å². The molecule has 3 amide bonds. The number of nitrogens with one attached hydrogen (secondary N) is 2. The summed E-state index contributed by atoms with van der Waals surface area (Å²) in [6, 6.07) is 2.82. The number of amides is 3. The minimum atomic E-state index is -3.55. The van der Waals surface area contributed by atoms with Gasteiger partial charge in [0.1, 0.15) is 4.90 Å². The van der Waals surface area contributed by atoms with Crippen LogP contribution < -0.4 is 10.6 Å². The van der Waals surface area contributed by atoms with E-state index in [9.17, 15) is 18.0 Å². The van der Waals surface area contributed by atoms with Crippen molar-refractivity contribution in [2.75, 3.05) is 13.1 Å². The van der Waals surface area contributed by atoms with Crippen LogP contribution in [-0.4, -0.2) is 54.0 Å². The lowest BCUT2D eigenvalue weighted by molar-refractivity contribution is -0.119. The summed E-state index contributed by atoms with van der Waals surface area (Å²) >= 11 is 1.18. The molecular formula is C20H30N4O4S2. The van der Waals surface area contributed by atoms with Crippen LogP contribution in [-0.2, 0) is 14.8 Å². The first kappa shape index (κ1) is 23.0. The number of urea groups is 1. The van der Waals surface area contributed by atoms with E-state index in [1.165, 1.54) is 28.3 Å². The molecule has 1 saturated heterocycles. The van der Waals surface area contributed by atoms with Gasteiger partial charge in [0.2, 0.25) is 15.9 Å². The summed E-state index contributed by atoms with van der Waals surface area (Å²) in [5.41, 5.74) is 0. The van der Waals surface area contributed by atoms with Gasteiger partial charge in [-0.25, -0.2) is 18.2 Å². The standard InChI is InChI=1S/C20H30N4O4S2/c1-15(19(25)23-20(26)22-16-8-4-5-9-16)29-18-11-10-17(14-21-18)30(27,28)24-12-6-2-3-7-13-24/h10-11,14-16H,2-9,12-13H2,1H3,(H2,22,23,25,26). The number of imide groups is 1. The number of sulfonamides is 1. The fourth-order valence-corrected chi connectivity index (χ4v) is 6.01. The van der Waals surface area contributed by atoms with E-state index in [0.717, 1.165) is 51.4 Å². The van der Waals surface area contributed by atoms with Crippen molar-refractivity contribution in [3.05, 3.63) is 18.3 Å². The van der Waals surface area contributed by atoms with Crippen molar-refractivity contribution < 1.29 is 18.0 Å². The Hall–Kier alpha value is -1.65. The molecule has 2 heterocycles. The van der Waals surface area contributed by atoms with Crippen LogP contribution in [0.3, 0.4) is 0 Å². The van der Waals surface area contributed by atoms with E-state index in [-0.39, 0.29) is 10.9 Å². The third kappa shape index (κ3) is 6.18. The lowest BCUT2D eigenvalue weighted by Gasteiger charge is -2.19. The number of carbonyl (C=O) groups excluding carboxylic acids is 2. The van der Waals surface area contributed by atoms with Crippen molar-refractivity contribution >= 4 is 33.7 Å². The highest BCUT2D eigenvalue weighted by atomic mass is 32.2. The molecule has 10 heteroatoms. The van der Waals surface area contributed by atoms with E-state index in [0.29, 0.717) is 18.1 Å². The van der Waals surface area contributed by atoms with Gasteiger partial charge < -0.3 is 5.32 Å². The summed E-state index contributed by atoms with van der Waals surface area (Å²) < 4.78 is 27.2. The van der Waals surface area contributed by atoms with Gasteiger partial charge in [-0.3, -0.25) is 10.1 Å². The first-order valence-electron chi connectivity index (χ1n) is 10.6. The number of thioether (sulfide) groups is 1. The van der Waals surface area contributed by atoms with Gasteiger partial charge in [-0.15, -0.1) is 0 Å². The van der Waals surface area contributed by atoms with Crippen LogP contribution in [0.2, 0.25) is 0 Å². The van der Waals surface area contributed by atoms with Gasteiger partial charge in [-0.1, -0.05) is 37.4 Å². The van der Waals surface area contributed by atoms with E-state index >= 15 is 0 Å². The molecule has 1 aromatic rings. The van der Waals surface area contributed by atoms with Crippen molar-refractivity contribution in [3.63, 3.8) is 0 Å². The molecule has 3 rings (SSSR count). The SMILES string of the molecule is CC(Sc1ccc(S(=O)(=O)N2CCCCCC2)cn1)C(=O)NC(=O)NC1CCCC1. The van der Waals surface area contributed by atoms with Crippen LogP contribution in [0, 0.1) is 0 Å². The maximum atomic E-state index is 12.8. The van der Waals surface area contributed by atoms with Gasteiger partial charge in [0, 0.05) is 25.3 Å². The van der Waals surface area contributed by atoms with Gasteiger partial charge in [0.15, 0.2) is 0 Å². The Morgan fingerprint density at radius 1 is 1.10 bits per heavy atom. The third-order valence-corrected chi connectivity index (χ3v) is 8.44. The maximum Gasteiger partial charge on any atom is 0.321 e. The van der Waals surface area contributed by atoms with Crippen LogP contribution in [0.5, 0.6) is 0 Å². The normalized spacial score (nSPS) is 19.8. The molecule has 2 N–H and O–H groups in total. The average molecular weight is 455 g/mol. The Morgan fingerprint density at radius 3 is 2.37 bits per heavy atom. The zero-order valence-electron chi connectivity index (χ0n) is 17.3. The lowest BCUT2D eigenvalue weighted by Crippen LogP contribution is -2.45. The zero-order chi connectivity index (χ0) is 21.6. The van der Waals surface area contributed by atoms with Crippen molar-refractivity contribution in [3.8, 4) is 0 Å². The van der Waals surface area contributed by atoms with Crippen LogP contribution in [0.25, 0.3) is 0 Å². The highest BCUT2D eigenvalue weighted by Crippen LogP contribution is 2.25. The first-order chi connectivity index (χ1) is 14.4. The Bertz CT molecular complexity index is 831. The molecule has 1 aliphatic carbocycles. The quantitative estimate of drug-likeness (QED) is 0.640. The largest absolute Gasteiger partial charge is 0.335 e. The molecule has 166 valence electrons. The van der Waals surface area contributed by atoms with E-state index < -0.39 is 27.2 Å². The molecule has 0 radical (unpaired) electrons. The molecule has 1 aromatic heterocycles. The van der Waals surface area contributed by atoms with Crippen molar-refractivity contribution in [2.45, 2.75) is 79.5 Å². The monoisotopic (exact) mass is 454 g/mol. The fraction of sp³-hybridized carbons (Fsp3) is 0.650. The second-order valence-corrected chi connectivity index (χ2v) is 11.2. The Balaban J connectivity index is 1.53. The van der Waals surface area contributed by atoms with Crippen molar-refractivity contribution in [1.82, 2.24) is 19.9 Å². The number of nitrogens with zero attached hydrogens (tertiary/aromatic N) is 2. The van der Waals surface area contributed by atoms with Crippen LogP contribution >= 0.6 is 11.8 Å². The molecule has 0 bridgehead atoms. The summed E-state index contributed by atoms with van der Waals surface area (Å²) in [5.74, 6) is -0.404. The minimum Gasteiger partial charge on any atom is -0.335 e. The fourth-order valence-electron chi connectivity index (χ4n) is 3.76. The number of carbonyl (C=O) groups is 2. The molecule has 0 spiro atoms. The first-order valence-corrected chi connectivity index (χ1v) is 12.9. The molecule has 0 aromatic carbocycles. The summed E-state index contributed by atoms with van der Waals surface area (Å²) in [5, 5.41) is 5.18. The van der Waals surface area contributed by atoms with Gasteiger partial charge in [-0.2, -0.15) is 4.31 Å². The van der Waals surface area contributed by atoms with Gasteiger partial charge in [0.05, 0.1) is 10.3 Å². The second kappa shape index (κ2) is 10.6. The molecule has 1 aliphatic heterocycles. The predicted octanol–water partition coefficient (Wildman–Crippen LogP) is 2.90. The van der Waals surface area contributed by atoms with Gasteiger partial charge >= 0.3 is 6.03 Å². The molecule has 30 heavy (non-hydrogen) atoms. The lowest BCUT2D eigenvalue weighted by atomic mass is 10.2. The molecular weight excluding hydrogens is 424 g/mol. The predicted molar refractivity (Wildman–Crippen MR) is 116 cm³/mol. The van der Waals surface area contributed by atoms with E-state index in [1.807, 2.05) is 0 Å². The smallest absolute Gasteiger partial charge is 0.321 e. The average Bonchev–Trinajstić information content (AvgIpc) is 3.06. The highest BCUT2D eigenvalue weighted by Gasteiger charge is 2.26. The molecule has 1 atom stereocenters. The third-order valence-electron chi connectivity index (χ3n) is 5.51. The summed E-state index contributed by atoms with van der Waals surface area (Å²) in [6.45, 7) is 2.77. The number of hydrogen-bond donors (Lipinski definition) is 2. The number of pyridine rings is 1. The number of aromatic nitrogens is 1. The second-order valence-electron chi connectivity index (χ2n) is 7.85. The minimum absolute atomic E-state index is 0.140. The summed E-state index contributed by atoms with van der Waals surface area (Å²) in [4.78, 5) is 28.6. The van der Waals surface area contributed by atoms with E-state index in [4.69, 9.17) is 0 Å². The Morgan fingerprint density at radius 2 is 1.77 bits per heavy atom. The Kier molecular flexibility index (Phi) is 8.13. The van der Waals surface area contributed by atoms with Gasteiger partial charge in [-0.05, 0) is 44.7 Å². The molecule has 2 fully saturated rings. The molecule has 8 nitrogen and oxygen atoms in total.